The van der Waals surface area contributed by atoms with Gasteiger partial charge >= 0.3 is 5.97 Å². The maximum absolute atomic E-state index is 14.4. The number of halogens is 3. The van der Waals surface area contributed by atoms with E-state index in [4.69, 9.17) is 47.1 Å². The number of aromatic nitrogens is 4. The van der Waals surface area contributed by atoms with Crippen molar-refractivity contribution in [2.45, 2.75) is 83.2 Å². The molecule has 4 bridgehead atoms. The van der Waals surface area contributed by atoms with Crippen molar-refractivity contribution < 1.29 is 38.3 Å². The Kier molecular flexibility index (Phi) is 13.4. The summed E-state index contributed by atoms with van der Waals surface area (Å²) in [5.41, 5.74) is 3.76. The molecule has 3 aromatic heterocycles. The van der Waals surface area contributed by atoms with Crippen LogP contribution in [-0.4, -0.2) is 110 Å². The lowest BCUT2D eigenvalue weighted by Gasteiger charge is -2.35. The average molecular weight is 958 g/mol. The number of hydrogen-bond donors (Lipinski definition) is 2. The Balaban J connectivity index is 1.14. The van der Waals surface area contributed by atoms with Gasteiger partial charge in [-0.15, -0.1) is 11.3 Å². The third-order valence-electron chi connectivity index (χ3n) is 12.9. The molecule has 6 aromatic rings. The summed E-state index contributed by atoms with van der Waals surface area (Å²) in [6, 6.07) is 13.2. The van der Waals surface area contributed by atoms with Gasteiger partial charge in [0.15, 0.2) is 5.75 Å². The van der Waals surface area contributed by atoms with Gasteiger partial charge in [-0.2, -0.15) is 0 Å². The molecule has 0 radical (unpaired) electrons. The van der Waals surface area contributed by atoms with E-state index in [0.717, 1.165) is 39.0 Å². The lowest BCUT2D eigenvalue weighted by atomic mass is 9.79. The fraction of sp³-hybridized carbons (Fsp3) is 0.408. The van der Waals surface area contributed by atoms with Crippen LogP contribution in [-0.2, 0) is 17.8 Å². The fourth-order valence-corrected chi connectivity index (χ4v) is 10.7. The summed E-state index contributed by atoms with van der Waals surface area (Å²) in [4.78, 5) is 37.7. The molecule has 66 heavy (non-hydrogen) atoms. The number of ether oxygens (including phenoxy) is 4. The lowest BCUT2D eigenvalue weighted by molar-refractivity contribution is -0.145. The monoisotopic (exact) mass is 956 g/mol. The molecule has 2 fully saturated rings. The van der Waals surface area contributed by atoms with Crippen molar-refractivity contribution in [1.82, 2.24) is 29.7 Å². The van der Waals surface area contributed by atoms with E-state index in [1.807, 2.05) is 20.8 Å². The van der Waals surface area contributed by atoms with Crippen LogP contribution in [0.15, 0.2) is 61.1 Å². The van der Waals surface area contributed by atoms with Crippen LogP contribution in [0.2, 0.25) is 10.0 Å². The zero-order chi connectivity index (χ0) is 46.3. The molecular formula is C49H51Cl2FN6O7S. The van der Waals surface area contributed by atoms with Crippen LogP contribution in [0, 0.1) is 19.7 Å². The molecule has 1 aliphatic carbocycles. The lowest BCUT2D eigenvalue weighted by Crippen LogP contribution is -2.49. The van der Waals surface area contributed by atoms with Crippen LogP contribution in [0.25, 0.3) is 31.8 Å². The van der Waals surface area contributed by atoms with Gasteiger partial charge in [-0.25, -0.2) is 29.1 Å². The first kappa shape index (κ1) is 46.0. The van der Waals surface area contributed by atoms with E-state index in [9.17, 15) is 19.4 Å². The summed E-state index contributed by atoms with van der Waals surface area (Å²) in [5.74, 6) is 0.432. The van der Waals surface area contributed by atoms with Crippen LogP contribution in [0.4, 0.5) is 4.39 Å². The Morgan fingerprint density at radius 2 is 1.70 bits per heavy atom. The predicted molar refractivity (Wildman–Crippen MR) is 252 cm³/mol. The van der Waals surface area contributed by atoms with Crippen LogP contribution in [0.3, 0.4) is 0 Å². The Hall–Kier alpha value is -5.16. The van der Waals surface area contributed by atoms with E-state index in [0.29, 0.717) is 107 Å². The highest BCUT2D eigenvalue weighted by Crippen LogP contribution is 2.53. The van der Waals surface area contributed by atoms with E-state index in [1.54, 1.807) is 42.6 Å². The molecule has 1 saturated heterocycles. The molecule has 17 heteroatoms. The second kappa shape index (κ2) is 19.2. The SMILES string of the molecule is Cc1c(Cl)c2c(Cl)c(C)c1-c1c(-c3ccc(F)cc3)sc3ncnc(c13)O[C@@H](C(=O)O)Cc1cc(ccc1OCc1ccnc(C3CCC(C)(O)CC3)n1)OC[C@@H](CN1CCN(C)CC1)O2. The molecule has 0 amide bonds. The third-order valence-corrected chi connectivity index (χ3v) is 15.0. The van der Waals surface area contributed by atoms with Gasteiger partial charge in [0.25, 0.3) is 0 Å². The second-order valence-electron chi connectivity index (χ2n) is 17.8. The first-order valence-electron chi connectivity index (χ1n) is 22.1. The van der Waals surface area contributed by atoms with Crippen LogP contribution in [0.5, 0.6) is 23.1 Å². The van der Waals surface area contributed by atoms with Gasteiger partial charge in [0.2, 0.25) is 12.0 Å². The molecule has 6 heterocycles. The average Bonchev–Trinajstić information content (AvgIpc) is 3.69. The number of fused-ring (bicyclic) bond motifs is 7. The number of carbonyl (C=O) groups is 1. The van der Waals surface area contributed by atoms with Crippen molar-refractivity contribution >= 4 is 50.7 Å². The first-order valence-corrected chi connectivity index (χ1v) is 23.7. The van der Waals surface area contributed by atoms with Gasteiger partial charge in [-0.1, -0.05) is 35.3 Å². The van der Waals surface area contributed by atoms with Gasteiger partial charge in [0.05, 0.1) is 26.7 Å². The van der Waals surface area contributed by atoms with E-state index < -0.39 is 29.6 Å². The summed E-state index contributed by atoms with van der Waals surface area (Å²) in [6.45, 7) is 9.81. The molecule has 346 valence electrons. The van der Waals surface area contributed by atoms with Gasteiger partial charge in [-0.05, 0) is 112 Å². The summed E-state index contributed by atoms with van der Waals surface area (Å²) in [6.07, 6.45) is 3.83. The minimum absolute atomic E-state index is 0.0301. The number of benzene rings is 3. The summed E-state index contributed by atoms with van der Waals surface area (Å²) in [5, 5.41) is 22.4. The molecule has 13 nitrogen and oxygen atoms in total. The molecule has 4 aliphatic rings. The highest BCUT2D eigenvalue weighted by Gasteiger charge is 2.33. The van der Waals surface area contributed by atoms with E-state index >= 15 is 0 Å². The summed E-state index contributed by atoms with van der Waals surface area (Å²) < 4.78 is 40.7. The van der Waals surface area contributed by atoms with Gasteiger partial charge in [0, 0.05) is 67.3 Å². The number of likely N-dealkylation sites (N-methyl/N-ethyl adjacent to an activating group) is 1. The zero-order valence-corrected chi connectivity index (χ0v) is 39.5. The molecule has 10 rings (SSSR count). The number of piperazine rings is 1. The Morgan fingerprint density at radius 1 is 0.970 bits per heavy atom. The van der Waals surface area contributed by atoms with E-state index in [-0.39, 0.29) is 31.4 Å². The number of thiophene rings is 1. The smallest absolute Gasteiger partial charge is 0.345 e. The van der Waals surface area contributed by atoms with Gasteiger partial charge in [0.1, 0.15) is 53.6 Å². The van der Waals surface area contributed by atoms with Gasteiger partial charge < -0.3 is 34.1 Å². The minimum atomic E-state index is -1.46. The number of aliphatic carboxylic acids is 1. The minimum Gasteiger partial charge on any atom is -0.490 e. The molecule has 2 atom stereocenters. The molecule has 0 unspecified atom stereocenters. The number of nitrogens with zero attached hydrogens (tertiary/aromatic N) is 6. The predicted octanol–water partition coefficient (Wildman–Crippen LogP) is 9.33. The summed E-state index contributed by atoms with van der Waals surface area (Å²) >= 11 is 16.0. The topological polar surface area (TPSA) is 152 Å². The molecule has 2 N–H and O–H groups in total. The first-order chi connectivity index (χ1) is 31.7. The number of hydrogen-bond acceptors (Lipinski definition) is 13. The number of rotatable bonds is 8. The van der Waals surface area contributed by atoms with Gasteiger partial charge in [-0.3, -0.25) is 4.90 Å². The highest BCUT2D eigenvalue weighted by molar-refractivity contribution is 7.22. The van der Waals surface area contributed by atoms with Crippen LogP contribution < -0.4 is 18.9 Å². The Morgan fingerprint density at radius 3 is 2.41 bits per heavy atom. The van der Waals surface area contributed by atoms with E-state index in [2.05, 4.69) is 31.8 Å². The number of aliphatic hydroxyl groups is 1. The molecule has 0 spiro atoms. The van der Waals surface area contributed by atoms with Crippen molar-refractivity contribution in [2.75, 3.05) is 46.4 Å². The largest absolute Gasteiger partial charge is 0.490 e. The second-order valence-corrected chi connectivity index (χ2v) is 19.5. The van der Waals surface area contributed by atoms with E-state index in [1.165, 1.54) is 29.8 Å². The highest BCUT2D eigenvalue weighted by atomic mass is 35.5. The zero-order valence-electron chi connectivity index (χ0n) is 37.2. The van der Waals surface area contributed by atoms with Crippen LogP contribution in [0.1, 0.15) is 66.7 Å². The maximum atomic E-state index is 14.4. The Labute approximate surface area is 396 Å². The summed E-state index contributed by atoms with van der Waals surface area (Å²) in [7, 11) is 2.10. The van der Waals surface area contributed by atoms with Crippen molar-refractivity contribution in [3.8, 4) is 44.7 Å². The quantitative estimate of drug-likeness (QED) is 0.149. The standard InChI is InChI=1S/C49H51Cl2FN6O7S/c1-27-38-28(2)42(51)43(41(27)50)64-35(23-58-19-17-57(4)18-20-58)25-62-34-9-10-36(63-24-33-13-16-53-45(56-33)30-11-14-49(3,61)15-12-30)31(21-34)22-37(48(59)60)65-46-40-39(38)44(66-47(40)55-26-54-46)29-5-7-32(52)8-6-29/h5-10,13,16,21,26,30,35,37,61H,11-12,14-15,17-20,22-25H2,1-4H3,(H,59,60)/t30?,35-,37-,49?/m1/s1. The molecule has 1 saturated carbocycles. The van der Waals surface area contributed by atoms with Crippen molar-refractivity contribution in [3.63, 3.8) is 0 Å². The fourth-order valence-electron chi connectivity index (χ4n) is 9.05. The molecular weight excluding hydrogens is 907 g/mol. The molecule has 3 aliphatic heterocycles. The number of carboxylic acids is 1. The molecule has 3 aromatic carbocycles. The van der Waals surface area contributed by atoms with Crippen molar-refractivity contribution in [1.29, 1.82) is 0 Å². The van der Waals surface area contributed by atoms with Crippen molar-refractivity contribution in [3.05, 3.63) is 105 Å². The van der Waals surface area contributed by atoms with Crippen LogP contribution >= 0.6 is 34.5 Å². The third kappa shape index (κ3) is 9.78. The number of carboxylic acid groups (broad SMARTS) is 1. The van der Waals surface area contributed by atoms with Crippen molar-refractivity contribution in [2.24, 2.45) is 0 Å². The Bertz CT molecular complexity index is 2730. The maximum Gasteiger partial charge on any atom is 0.345 e. The normalized spacial score (nSPS) is 21.7.